The molecule has 1 aliphatic carbocycles. The quantitative estimate of drug-likeness (QED) is 0.235. The minimum absolute atomic E-state index is 0.00999. The van der Waals surface area contributed by atoms with Gasteiger partial charge < -0.3 is 15.2 Å². The van der Waals surface area contributed by atoms with E-state index in [0.29, 0.717) is 16.9 Å². The fourth-order valence-electron chi connectivity index (χ4n) is 5.54. The fraction of sp³-hybridized carbons (Fsp3) is 0.240. The van der Waals surface area contributed by atoms with Gasteiger partial charge in [0.15, 0.2) is 0 Å². The highest BCUT2D eigenvalue weighted by Gasteiger charge is 2.53. The van der Waals surface area contributed by atoms with E-state index in [2.05, 4.69) is 5.32 Å². The third-order valence-corrected chi connectivity index (χ3v) is 9.28. The number of nitro groups is 3. The number of para-hydroxylation sites is 1. The summed E-state index contributed by atoms with van der Waals surface area (Å²) >= 11 is 8.19. The number of non-ortho nitro benzene ring substituents is 1. The predicted octanol–water partition coefficient (Wildman–Crippen LogP) is 4.81. The molecule has 1 aliphatic heterocycles. The number of anilines is 1. The number of rotatable bonds is 7. The molecule has 5 rings (SSSR count). The van der Waals surface area contributed by atoms with Gasteiger partial charge in [0, 0.05) is 41.0 Å². The number of nitrogens with zero attached hydrogens (tertiary/aromatic N) is 3. The van der Waals surface area contributed by atoms with Crippen LogP contribution in [0.4, 0.5) is 22.7 Å². The molecule has 1 fully saturated rings. The van der Waals surface area contributed by atoms with Crippen LogP contribution in [0.15, 0.2) is 65.6 Å². The van der Waals surface area contributed by atoms with Gasteiger partial charge in [-0.2, -0.15) is 0 Å². The smallest absolute Gasteiger partial charge is 0.282 e. The molecule has 3 aromatic rings. The molecule has 0 amide bonds. The standard InChI is InChI=1S/C25H19ClN4O8S/c26-22-19(39-18-4-2-1-3-16(18)29(35)36)11-15-20(22)21-17(30(37)38)10-9-14(25(31)32)24(21)27-23(15)12-5-7-13(8-6-12)28(33)34/h1-10,15,19-20,22-23,27H,11H2,(H,31,32)/p-1/t15-,19+,20-,22-,23+/m1/s1. The first kappa shape index (κ1) is 26.4. The van der Waals surface area contributed by atoms with E-state index in [4.69, 9.17) is 11.6 Å². The lowest BCUT2D eigenvalue weighted by Crippen LogP contribution is -2.34. The zero-order chi connectivity index (χ0) is 28.0. The molecule has 12 nitrogen and oxygen atoms in total. The average Bonchev–Trinajstić information content (AvgIpc) is 3.23. The number of nitro benzene ring substituents is 3. The van der Waals surface area contributed by atoms with Crippen LogP contribution in [0.5, 0.6) is 0 Å². The van der Waals surface area contributed by atoms with Crippen LogP contribution >= 0.6 is 23.4 Å². The van der Waals surface area contributed by atoms with Crippen molar-refractivity contribution in [1.82, 2.24) is 0 Å². The number of alkyl halides is 1. The van der Waals surface area contributed by atoms with Crippen molar-refractivity contribution in [1.29, 1.82) is 0 Å². The molecule has 14 heteroatoms. The summed E-state index contributed by atoms with van der Waals surface area (Å²) in [5, 5.41) is 48.7. The number of carbonyl (C=O) groups excluding carboxylic acids is 1. The number of benzene rings is 3. The van der Waals surface area contributed by atoms with Gasteiger partial charge >= 0.3 is 0 Å². The first-order valence-corrected chi connectivity index (χ1v) is 13.0. The van der Waals surface area contributed by atoms with E-state index in [-0.39, 0.29) is 33.9 Å². The van der Waals surface area contributed by atoms with Crippen LogP contribution in [0.25, 0.3) is 0 Å². The van der Waals surface area contributed by atoms with Crippen LogP contribution in [0, 0.1) is 36.3 Å². The maximum atomic E-state index is 12.0. The maximum absolute atomic E-state index is 12.0. The van der Waals surface area contributed by atoms with Crippen molar-refractivity contribution >= 4 is 52.1 Å². The number of hydrogen-bond acceptors (Lipinski definition) is 10. The lowest BCUT2D eigenvalue weighted by atomic mass is 9.75. The van der Waals surface area contributed by atoms with Gasteiger partial charge in [-0.15, -0.1) is 23.4 Å². The van der Waals surface area contributed by atoms with E-state index in [0.717, 1.165) is 12.1 Å². The third-order valence-electron chi connectivity index (χ3n) is 7.17. The molecular weight excluding hydrogens is 552 g/mol. The molecule has 1 saturated carbocycles. The van der Waals surface area contributed by atoms with Gasteiger partial charge in [0.05, 0.1) is 48.3 Å². The minimum atomic E-state index is -1.54. The van der Waals surface area contributed by atoms with Gasteiger partial charge in [-0.05, 0) is 30.0 Å². The number of hydrogen-bond donors (Lipinski definition) is 1. The van der Waals surface area contributed by atoms with Crippen LogP contribution in [0.3, 0.4) is 0 Å². The van der Waals surface area contributed by atoms with Crippen molar-refractivity contribution in [3.8, 4) is 0 Å². The highest BCUT2D eigenvalue weighted by molar-refractivity contribution is 8.00. The molecule has 1 N–H and O–H groups in total. The van der Waals surface area contributed by atoms with E-state index in [9.17, 15) is 40.2 Å². The lowest BCUT2D eigenvalue weighted by Gasteiger charge is -2.39. The van der Waals surface area contributed by atoms with Gasteiger partial charge in [-0.3, -0.25) is 30.3 Å². The first-order chi connectivity index (χ1) is 18.6. The monoisotopic (exact) mass is 569 g/mol. The summed E-state index contributed by atoms with van der Waals surface area (Å²) in [6.45, 7) is 0. The molecule has 39 heavy (non-hydrogen) atoms. The highest BCUT2D eigenvalue weighted by atomic mass is 35.5. The fourth-order valence-corrected chi connectivity index (χ4v) is 7.47. The zero-order valence-electron chi connectivity index (χ0n) is 19.8. The average molecular weight is 570 g/mol. The van der Waals surface area contributed by atoms with Crippen molar-refractivity contribution in [2.24, 2.45) is 5.92 Å². The number of aromatic carboxylic acids is 1. The summed E-state index contributed by atoms with van der Waals surface area (Å²) in [5.74, 6) is -2.65. The molecule has 0 aromatic heterocycles. The van der Waals surface area contributed by atoms with Gasteiger partial charge in [-0.25, -0.2) is 0 Å². The Hall–Kier alpha value is -4.23. The molecular formula is C25H18ClN4O8S-. The number of fused-ring (bicyclic) bond motifs is 3. The molecule has 0 bridgehead atoms. The number of thioether (sulfide) groups is 1. The van der Waals surface area contributed by atoms with Gasteiger partial charge in [0.1, 0.15) is 0 Å². The zero-order valence-corrected chi connectivity index (χ0v) is 21.3. The van der Waals surface area contributed by atoms with Crippen LogP contribution in [0.1, 0.15) is 39.9 Å². The number of carboxylic acid groups (broad SMARTS) is 1. The molecule has 0 unspecified atom stereocenters. The summed E-state index contributed by atoms with van der Waals surface area (Å²) in [5.41, 5.74) is -0.0780. The summed E-state index contributed by atoms with van der Waals surface area (Å²) in [7, 11) is 0. The number of halogens is 1. The number of nitrogens with one attached hydrogen (secondary N) is 1. The first-order valence-electron chi connectivity index (χ1n) is 11.7. The molecule has 200 valence electrons. The molecule has 3 aromatic carbocycles. The molecule has 0 spiro atoms. The van der Waals surface area contributed by atoms with Crippen molar-refractivity contribution in [2.75, 3.05) is 5.32 Å². The molecule has 0 radical (unpaired) electrons. The largest absolute Gasteiger partial charge is 0.545 e. The number of carbonyl (C=O) groups is 1. The van der Waals surface area contributed by atoms with Gasteiger partial charge in [0.2, 0.25) is 0 Å². The Morgan fingerprint density at radius 3 is 2.18 bits per heavy atom. The van der Waals surface area contributed by atoms with E-state index < -0.39 is 49.2 Å². The Balaban J connectivity index is 1.65. The summed E-state index contributed by atoms with van der Waals surface area (Å²) < 4.78 is 0. The van der Waals surface area contributed by atoms with E-state index in [1.807, 2.05) is 0 Å². The van der Waals surface area contributed by atoms with Crippen LogP contribution in [0.2, 0.25) is 0 Å². The van der Waals surface area contributed by atoms with Gasteiger partial charge in [-0.1, -0.05) is 24.3 Å². The second kappa shape index (κ2) is 10.2. The van der Waals surface area contributed by atoms with Crippen LogP contribution in [-0.4, -0.2) is 31.4 Å². The van der Waals surface area contributed by atoms with Crippen LogP contribution in [-0.2, 0) is 0 Å². The molecule has 0 saturated heterocycles. The lowest BCUT2D eigenvalue weighted by molar-refractivity contribution is -0.387. The van der Waals surface area contributed by atoms with Crippen molar-refractivity contribution in [3.05, 3.63) is 108 Å². The normalized spacial score (nSPS) is 23.3. The second-order valence-corrected chi connectivity index (χ2v) is 11.0. The summed E-state index contributed by atoms with van der Waals surface area (Å²) in [6, 6.07) is 13.5. The van der Waals surface area contributed by atoms with E-state index in [1.54, 1.807) is 30.3 Å². The Morgan fingerprint density at radius 1 is 0.897 bits per heavy atom. The predicted molar refractivity (Wildman–Crippen MR) is 140 cm³/mol. The van der Waals surface area contributed by atoms with E-state index >= 15 is 0 Å². The molecule has 5 atom stereocenters. The third kappa shape index (κ3) is 4.63. The summed E-state index contributed by atoms with van der Waals surface area (Å²) in [4.78, 5) is 45.5. The van der Waals surface area contributed by atoms with E-state index in [1.165, 1.54) is 30.0 Å². The van der Waals surface area contributed by atoms with Crippen molar-refractivity contribution < 1.29 is 24.7 Å². The topological polar surface area (TPSA) is 182 Å². The Labute approximate surface area is 229 Å². The number of carboxylic acids is 1. The molecule has 1 heterocycles. The molecule has 2 aliphatic rings. The second-order valence-electron chi connectivity index (χ2n) is 9.19. The summed E-state index contributed by atoms with van der Waals surface area (Å²) in [6.07, 6.45) is 0.371. The highest BCUT2D eigenvalue weighted by Crippen LogP contribution is 2.60. The van der Waals surface area contributed by atoms with Crippen molar-refractivity contribution in [2.45, 2.75) is 33.9 Å². The SMILES string of the molecule is O=C([O-])c1ccc([N+](=O)[O-])c2c1N[C@@H](c1ccc([N+](=O)[O-])cc1)[C@@H]1C[C@H](Sc3ccccc3[N+](=O)[O-])[C@@H](Cl)[C@@H]21. The van der Waals surface area contributed by atoms with Gasteiger partial charge in [0.25, 0.3) is 17.1 Å². The Morgan fingerprint density at radius 2 is 1.56 bits per heavy atom. The maximum Gasteiger partial charge on any atom is 0.282 e. The Bertz CT molecular complexity index is 1520. The van der Waals surface area contributed by atoms with Crippen LogP contribution < -0.4 is 10.4 Å². The minimum Gasteiger partial charge on any atom is -0.545 e. The Kier molecular flexibility index (Phi) is 6.87. The van der Waals surface area contributed by atoms with Crippen molar-refractivity contribution in [3.63, 3.8) is 0 Å².